The number of anilines is 2. The molecule has 0 bridgehead atoms. The number of nitrogens with zero attached hydrogens (tertiary/aromatic N) is 1. The second-order valence-electron chi connectivity index (χ2n) is 6.43. The molecule has 0 aliphatic carbocycles. The van der Waals surface area contributed by atoms with Crippen molar-refractivity contribution in [3.63, 3.8) is 0 Å². The van der Waals surface area contributed by atoms with Crippen molar-refractivity contribution in [3.05, 3.63) is 23.2 Å². The molecule has 4 nitrogen and oxygen atoms in total. The Hall–Kier alpha value is -1.26. The van der Waals surface area contributed by atoms with Crippen LogP contribution in [0.25, 0.3) is 0 Å². The SMILES string of the molecule is O=C(CCC1CCCO1)Nc1cc(Cl)ccc1N1CCCCC1. The van der Waals surface area contributed by atoms with Crippen molar-refractivity contribution in [2.45, 2.75) is 51.0 Å². The number of nitrogens with one attached hydrogen (secondary N) is 1. The van der Waals surface area contributed by atoms with Crippen molar-refractivity contribution in [1.82, 2.24) is 0 Å². The molecule has 1 unspecified atom stereocenters. The minimum atomic E-state index is 0.0426. The van der Waals surface area contributed by atoms with E-state index in [0.29, 0.717) is 11.4 Å². The molecule has 0 saturated carbocycles. The number of ether oxygens (including phenoxy) is 1. The first kappa shape index (κ1) is 16.6. The highest BCUT2D eigenvalue weighted by Crippen LogP contribution is 2.31. The molecule has 1 aromatic carbocycles. The van der Waals surface area contributed by atoms with Gasteiger partial charge < -0.3 is 15.0 Å². The summed E-state index contributed by atoms with van der Waals surface area (Å²) >= 11 is 6.13. The molecule has 1 N–H and O–H groups in total. The second kappa shape index (κ2) is 8.02. The Morgan fingerprint density at radius 2 is 2.09 bits per heavy atom. The average molecular weight is 337 g/mol. The highest BCUT2D eigenvalue weighted by Gasteiger charge is 2.19. The van der Waals surface area contributed by atoms with Gasteiger partial charge in [0.2, 0.25) is 5.91 Å². The van der Waals surface area contributed by atoms with Crippen LogP contribution >= 0.6 is 11.6 Å². The Morgan fingerprint density at radius 3 is 2.83 bits per heavy atom. The van der Waals surface area contributed by atoms with E-state index in [1.165, 1.54) is 19.3 Å². The van der Waals surface area contributed by atoms with Crippen molar-refractivity contribution < 1.29 is 9.53 Å². The maximum atomic E-state index is 12.3. The summed E-state index contributed by atoms with van der Waals surface area (Å²) in [6.07, 6.45) is 7.42. The van der Waals surface area contributed by atoms with Crippen LogP contribution in [0.1, 0.15) is 44.9 Å². The van der Waals surface area contributed by atoms with Crippen molar-refractivity contribution in [2.75, 3.05) is 29.9 Å². The fraction of sp³-hybridized carbons (Fsp3) is 0.611. The van der Waals surface area contributed by atoms with Gasteiger partial charge in [-0.05, 0) is 56.7 Å². The molecule has 1 aromatic rings. The Morgan fingerprint density at radius 1 is 1.26 bits per heavy atom. The average Bonchev–Trinajstić information content (AvgIpc) is 3.07. The monoisotopic (exact) mass is 336 g/mol. The first-order valence-corrected chi connectivity index (χ1v) is 9.06. The lowest BCUT2D eigenvalue weighted by atomic mass is 10.1. The summed E-state index contributed by atoms with van der Waals surface area (Å²) < 4.78 is 5.58. The van der Waals surface area contributed by atoms with Crippen LogP contribution in [0.2, 0.25) is 5.02 Å². The first-order valence-electron chi connectivity index (χ1n) is 8.68. The van der Waals surface area contributed by atoms with Gasteiger partial charge in [-0.2, -0.15) is 0 Å². The van der Waals surface area contributed by atoms with Gasteiger partial charge in [-0.25, -0.2) is 0 Å². The van der Waals surface area contributed by atoms with Gasteiger partial charge in [-0.15, -0.1) is 0 Å². The summed E-state index contributed by atoms with van der Waals surface area (Å²) in [6, 6.07) is 5.77. The van der Waals surface area contributed by atoms with Crippen LogP contribution in [0.3, 0.4) is 0 Å². The minimum absolute atomic E-state index is 0.0426. The fourth-order valence-corrected chi connectivity index (χ4v) is 3.57. The van der Waals surface area contributed by atoms with E-state index < -0.39 is 0 Å². The topological polar surface area (TPSA) is 41.6 Å². The molecular formula is C18H25ClN2O2. The van der Waals surface area contributed by atoms with Crippen LogP contribution < -0.4 is 10.2 Å². The molecule has 2 aliphatic heterocycles. The predicted molar refractivity (Wildman–Crippen MR) is 94.4 cm³/mol. The molecule has 126 valence electrons. The van der Waals surface area contributed by atoms with Crippen LogP contribution in [-0.2, 0) is 9.53 Å². The predicted octanol–water partition coefficient (Wildman–Crippen LogP) is 4.23. The molecule has 5 heteroatoms. The number of amides is 1. The smallest absolute Gasteiger partial charge is 0.224 e. The third-order valence-corrected chi connectivity index (χ3v) is 4.88. The molecule has 2 saturated heterocycles. The molecule has 0 aromatic heterocycles. The highest BCUT2D eigenvalue weighted by atomic mass is 35.5. The molecule has 1 amide bonds. The van der Waals surface area contributed by atoms with Crippen LogP contribution in [0.15, 0.2) is 18.2 Å². The van der Waals surface area contributed by atoms with Gasteiger partial charge >= 0.3 is 0 Å². The Kier molecular flexibility index (Phi) is 5.79. The lowest BCUT2D eigenvalue weighted by Crippen LogP contribution is -2.30. The van der Waals surface area contributed by atoms with E-state index in [9.17, 15) is 4.79 Å². The van der Waals surface area contributed by atoms with Crippen LogP contribution in [0, 0.1) is 0 Å². The Bertz CT molecular complexity index is 538. The number of hydrogen-bond donors (Lipinski definition) is 1. The molecule has 2 heterocycles. The summed E-state index contributed by atoms with van der Waals surface area (Å²) in [6.45, 7) is 2.92. The van der Waals surface area contributed by atoms with Gasteiger partial charge in [0.15, 0.2) is 0 Å². The minimum Gasteiger partial charge on any atom is -0.378 e. The second-order valence-corrected chi connectivity index (χ2v) is 6.87. The normalized spacial score (nSPS) is 21.4. The van der Waals surface area contributed by atoms with E-state index in [0.717, 1.165) is 50.3 Å². The van der Waals surface area contributed by atoms with Crippen LogP contribution in [0.5, 0.6) is 0 Å². The molecule has 2 aliphatic rings. The summed E-state index contributed by atoms with van der Waals surface area (Å²) in [7, 11) is 0. The van der Waals surface area contributed by atoms with Crippen LogP contribution in [0.4, 0.5) is 11.4 Å². The van der Waals surface area contributed by atoms with Crippen molar-refractivity contribution in [2.24, 2.45) is 0 Å². The van der Waals surface area contributed by atoms with Gasteiger partial charge in [0, 0.05) is 31.1 Å². The number of piperidine rings is 1. The number of benzene rings is 1. The van der Waals surface area contributed by atoms with Crippen molar-refractivity contribution >= 4 is 28.9 Å². The first-order chi connectivity index (χ1) is 11.2. The number of carbonyl (C=O) groups excluding carboxylic acids is 1. The maximum absolute atomic E-state index is 12.3. The fourth-order valence-electron chi connectivity index (χ4n) is 3.40. The maximum Gasteiger partial charge on any atom is 0.224 e. The molecule has 3 rings (SSSR count). The molecule has 0 radical (unpaired) electrons. The summed E-state index contributed by atoms with van der Waals surface area (Å²) in [5.74, 6) is 0.0426. The number of rotatable bonds is 5. The Balaban J connectivity index is 1.63. The lowest BCUT2D eigenvalue weighted by molar-refractivity contribution is -0.116. The third-order valence-electron chi connectivity index (χ3n) is 4.65. The van der Waals surface area contributed by atoms with E-state index in [1.54, 1.807) is 0 Å². The quantitative estimate of drug-likeness (QED) is 0.875. The summed E-state index contributed by atoms with van der Waals surface area (Å²) in [5, 5.41) is 3.70. The van der Waals surface area contributed by atoms with E-state index in [-0.39, 0.29) is 12.0 Å². The van der Waals surface area contributed by atoms with E-state index >= 15 is 0 Å². The summed E-state index contributed by atoms with van der Waals surface area (Å²) in [4.78, 5) is 14.6. The number of carbonyl (C=O) groups is 1. The van der Waals surface area contributed by atoms with Gasteiger partial charge in [0.25, 0.3) is 0 Å². The largest absolute Gasteiger partial charge is 0.378 e. The van der Waals surface area contributed by atoms with Crippen LogP contribution in [-0.4, -0.2) is 31.7 Å². The zero-order valence-corrected chi connectivity index (χ0v) is 14.3. The van der Waals surface area contributed by atoms with Gasteiger partial charge in [0.1, 0.15) is 0 Å². The molecule has 2 fully saturated rings. The number of halogens is 1. The zero-order chi connectivity index (χ0) is 16.1. The summed E-state index contributed by atoms with van der Waals surface area (Å²) in [5.41, 5.74) is 1.91. The van der Waals surface area contributed by atoms with Gasteiger partial charge in [-0.1, -0.05) is 11.6 Å². The standard InChI is InChI=1S/C18H25ClN2O2/c19-14-6-8-17(21-10-2-1-3-11-21)16(13-14)20-18(22)9-7-15-5-4-12-23-15/h6,8,13,15H,1-5,7,9-12H2,(H,20,22). The zero-order valence-electron chi connectivity index (χ0n) is 13.5. The van der Waals surface area contributed by atoms with Crippen molar-refractivity contribution in [3.8, 4) is 0 Å². The van der Waals surface area contributed by atoms with E-state index in [2.05, 4.69) is 10.2 Å². The van der Waals surface area contributed by atoms with Crippen molar-refractivity contribution in [1.29, 1.82) is 0 Å². The number of hydrogen-bond acceptors (Lipinski definition) is 3. The lowest BCUT2D eigenvalue weighted by Gasteiger charge is -2.30. The third kappa shape index (κ3) is 4.61. The van der Waals surface area contributed by atoms with Gasteiger partial charge in [0.05, 0.1) is 17.5 Å². The Labute approximate surface area is 143 Å². The molecule has 1 atom stereocenters. The molecular weight excluding hydrogens is 312 g/mol. The molecule has 0 spiro atoms. The highest BCUT2D eigenvalue weighted by molar-refractivity contribution is 6.31. The van der Waals surface area contributed by atoms with E-state index in [4.69, 9.17) is 16.3 Å². The van der Waals surface area contributed by atoms with Gasteiger partial charge in [-0.3, -0.25) is 4.79 Å². The van der Waals surface area contributed by atoms with E-state index in [1.807, 2.05) is 18.2 Å². The molecule has 23 heavy (non-hydrogen) atoms.